The largest absolute Gasteiger partial charge is 0.466 e. The molecule has 2 aliphatic rings. The molecule has 144 valence electrons. The number of fused-ring (bicyclic) bond motifs is 2. The van der Waals surface area contributed by atoms with Crippen molar-refractivity contribution in [1.82, 2.24) is 0 Å². The Kier molecular flexibility index (Phi) is 9.35. The zero-order valence-corrected chi connectivity index (χ0v) is 16.0. The fourth-order valence-corrected chi connectivity index (χ4v) is 4.26. The standard InChI is InChI=1S/C21H36O4/c1-2-3-4-5-6-7-8-9-14-24-20(22)12-13-21(23)25-19-16-17-10-11-18(19)15-17/h17-19H,2-16H2,1H3. The van der Waals surface area contributed by atoms with Crippen LogP contribution in [-0.2, 0) is 19.1 Å². The molecule has 4 heteroatoms. The minimum Gasteiger partial charge on any atom is -0.466 e. The van der Waals surface area contributed by atoms with E-state index in [1.165, 1.54) is 57.8 Å². The van der Waals surface area contributed by atoms with Gasteiger partial charge in [0, 0.05) is 0 Å². The number of carbonyl (C=O) groups excluding carboxylic acids is 2. The second-order valence-corrected chi connectivity index (χ2v) is 7.90. The van der Waals surface area contributed by atoms with Gasteiger partial charge in [-0.3, -0.25) is 9.59 Å². The van der Waals surface area contributed by atoms with Crippen molar-refractivity contribution in [2.45, 2.75) is 103 Å². The van der Waals surface area contributed by atoms with E-state index in [2.05, 4.69) is 6.92 Å². The van der Waals surface area contributed by atoms with Gasteiger partial charge in [-0.2, -0.15) is 0 Å². The number of ether oxygens (including phenoxy) is 2. The van der Waals surface area contributed by atoms with Gasteiger partial charge in [-0.1, -0.05) is 51.9 Å². The lowest BCUT2D eigenvalue weighted by Crippen LogP contribution is -2.24. The highest BCUT2D eigenvalue weighted by Crippen LogP contribution is 2.45. The topological polar surface area (TPSA) is 52.6 Å². The van der Waals surface area contributed by atoms with Crippen LogP contribution in [0.5, 0.6) is 0 Å². The monoisotopic (exact) mass is 352 g/mol. The van der Waals surface area contributed by atoms with Gasteiger partial charge >= 0.3 is 11.9 Å². The van der Waals surface area contributed by atoms with Gasteiger partial charge in [0.05, 0.1) is 19.4 Å². The van der Waals surface area contributed by atoms with Crippen LogP contribution in [0.15, 0.2) is 0 Å². The van der Waals surface area contributed by atoms with E-state index in [1.807, 2.05) is 0 Å². The minimum atomic E-state index is -0.271. The fraction of sp³-hybridized carbons (Fsp3) is 0.905. The second kappa shape index (κ2) is 11.5. The summed E-state index contributed by atoms with van der Waals surface area (Å²) < 4.78 is 10.8. The number of hydrogen-bond donors (Lipinski definition) is 0. The molecule has 2 fully saturated rings. The summed E-state index contributed by atoms with van der Waals surface area (Å²) in [5, 5.41) is 0. The lowest BCUT2D eigenvalue weighted by atomic mass is 9.98. The molecule has 0 heterocycles. The van der Waals surface area contributed by atoms with Crippen LogP contribution < -0.4 is 0 Å². The summed E-state index contributed by atoms with van der Waals surface area (Å²) in [6, 6.07) is 0. The van der Waals surface area contributed by atoms with Crippen molar-refractivity contribution in [3.8, 4) is 0 Å². The van der Waals surface area contributed by atoms with Gasteiger partial charge in [0.1, 0.15) is 6.10 Å². The highest BCUT2D eigenvalue weighted by Gasteiger charge is 2.41. The zero-order valence-electron chi connectivity index (χ0n) is 16.0. The first-order valence-corrected chi connectivity index (χ1v) is 10.5. The van der Waals surface area contributed by atoms with Crippen molar-refractivity contribution >= 4 is 11.9 Å². The van der Waals surface area contributed by atoms with Crippen LogP contribution in [0.1, 0.15) is 96.8 Å². The molecule has 0 spiro atoms. The molecule has 0 aliphatic heterocycles. The van der Waals surface area contributed by atoms with E-state index in [-0.39, 0.29) is 30.9 Å². The third-order valence-corrected chi connectivity index (χ3v) is 5.75. The van der Waals surface area contributed by atoms with E-state index < -0.39 is 0 Å². The summed E-state index contributed by atoms with van der Waals surface area (Å²) in [6.45, 7) is 2.71. The molecule has 0 aromatic rings. The number of esters is 2. The summed E-state index contributed by atoms with van der Waals surface area (Å²) >= 11 is 0. The van der Waals surface area contributed by atoms with Crippen molar-refractivity contribution in [1.29, 1.82) is 0 Å². The first-order valence-electron chi connectivity index (χ1n) is 10.5. The van der Waals surface area contributed by atoms with Crippen molar-refractivity contribution in [2.24, 2.45) is 11.8 Å². The molecule has 0 saturated heterocycles. The highest BCUT2D eigenvalue weighted by atomic mass is 16.5. The molecule has 2 aliphatic carbocycles. The molecule has 2 bridgehead atoms. The molecular formula is C21H36O4. The molecule has 3 atom stereocenters. The van der Waals surface area contributed by atoms with E-state index in [0.29, 0.717) is 12.5 Å². The molecule has 2 saturated carbocycles. The van der Waals surface area contributed by atoms with Crippen molar-refractivity contribution in [2.75, 3.05) is 6.61 Å². The number of rotatable bonds is 13. The lowest BCUT2D eigenvalue weighted by molar-refractivity contribution is -0.155. The fourth-order valence-electron chi connectivity index (χ4n) is 4.26. The summed E-state index contributed by atoms with van der Waals surface area (Å²) in [5.41, 5.74) is 0. The van der Waals surface area contributed by atoms with Gasteiger partial charge in [0.2, 0.25) is 0 Å². The molecule has 3 unspecified atom stereocenters. The molecule has 0 aromatic carbocycles. The minimum absolute atomic E-state index is 0.111. The van der Waals surface area contributed by atoms with Crippen LogP contribution in [0.25, 0.3) is 0 Å². The third-order valence-electron chi connectivity index (χ3n) is 5.75. The maximum atomic E-state index is 11.9. The SMILES string of the molecule is CCCCCCCCCCOC(=O)CCC(=O)OC1CC2CCC1C2. The second-order valence-electron chi connectivity index (χ2n) is 7.90. The predicted octanol–water partition coefficient (Wildman–Crippen LogP) is 5.18. The summed E-state index contributed by atoms with van der Waals surface area (Å²) in [4.78, 5) is 23.6. The summed E-state index contributed by atoms with van der Waals surface area (Å²) in [5.74, 6) is 0.830. The van der Waals surface area contributed by atoms with E-state index in [0.717, 1.165) is 25.2 Å². The molecule has 4 nitrogen and oxygen atoms in total. The Morgan fingerprint density at radius 1 is 0.840 bits per heavy atom. The van der Waals surface area contributed by atoms with E-state index >= 15 is 0 Å². The molecule has 25 heavy (non-hydrogen) atoms. The smallest absolute Gasteiger partial charge is 0.306 e. The van der Waals surface area contributed by atoms with Gasteiger partial charge in [0.15, 0.2) is 0 Å². The summed E-state index contributed by atoms with van der Waals surface area (Å²) in [7, 11) is 0. The predicted molar refractivity (Wildman–Crippen MR) is 98.1 cm³/mol. The molecule has 0 radical (unpaired) electrons. The van der Waals surface area contributed by atoms with Crippen LogP contribution in [0.2, 0.25) is 0 Å². The average Bonchev–Trinajstić information content (AvgIpc) is 3.21. The Hall–Kier alpha value is -1.06. The zero-order chi connectivity index (χ0) is 17.9. The molecule has 0 N–H and O–H groups in total. The average molecular weight is 353 g/mol. The first-order chi connectivity index (χ1) is 12.2. The molecular weight excluding hydrogens is 316 g/mol. The lowest BCUT2D eigenvalue weighted by Gasteiger charge is -2.21. The van der Waals surface area contributed by atoms with Gasteiger partial charge in [-0.25, -0.2) is 0 Å². The number of carbonyl (C=O) groups is 2. The van der Waals surface area contributed by atoms with Crippen molar-refractivity contribution < 1.29 is 19.1 Å². The Labute approximate surface area is 153 Å². The van der Waals surface area contributed by atoms with E-state index in [9.17, 15) is 9.59 Å². The van der Waals surface area contributed by atoms with Gasteiger partial charge < -0.3 is 9.47 Å². The number of hydrogen-bond acceptors (Lipinski definition) is 4. The third kappa shape index (κ3) is 7.79. The van der Waals surface area contributed by atoms with Crippen LogP contribution in [0, 0.1) is 11.8 Å². The Morgan fingerprint density at radius 2 is 1.52 bits per heavy atom. The Bertz CT molecular complexity index is 407. The first kappa shape index (κ1) is 20.3. The van der Waals surface area contributed by atoms with Gasteiger partial charge in [-0.15, -0.1) is 0 Å². The molecule has 2 rings (SSSR count). The van der Waals surface area contributed by atoms with Crippen LogP contribution in [0.3, 0.4) is 0 Å². The Balaban J connectivity index is 1.40. The molecule has 0 aromatic heterocycles. The van der Waals surface area contributed by atoms with Gasteiger partial charge in [-0.05, 0) is 43.9 Å². The maximum Gasteiger partial charge on any atom is 0.306 e. The van der Waals surface area contributed by atoms with Gasteiger partial charge in [0.25, 0.3) is 0 Å². The van der Waals surface area contributed by atoms with E-state index in [4.69, 9.17) is 9.47 Å². The van der Waals surface area contributed by atoms with Crippen molar-refractivity contribution in [3.05, 3.63) is 0 Å². The van der Waals surface area contributed by atoms with Crippen molar-refractivity contribution in [3.63, 3.8) is 0 Å². The molecule has 0 amide bonds. The maximum absolute atomic E-state index is 11.9. The highest BCUT2D eigenvalue weighted by molar-refractivity contribution is 5.77. The number of unbranched alkanes of at least 4 members (excludes halogenated alkanes) is 7. The van der Waals surface area contributed by atoms with Crippen LogP contribution in [0.4, 0.5) is 0 Å². The van der Waals surface area contributed by atoms with E-state index in [1.54, 1.807) is 0 Å². The Morgan fingerprint density at radius 3 is 2.16 bits per heavy atom. The van der Waals surface area contributed by atoms with Crippen LogP contribution in [-0.4, -0.2) is 24.6 Å². The quantitative estimate of drug-likeness (QED) is 0.338. The summed E-state index contributed by atoms with van der Waals surface area (Å²) in [6.07, 6.45) is 15.0. The normalized spacial score (nSPS) is 24.4. The van der Waals surface area contributed by atoms with Crippen LogP contribution >= 0.6 is 0 Å².